The number of likely N-dealkylation sites (tertiary alicyclic amines) is 1. The molecule has 0 aromatic carbocycles. The highest BCUT2D eigenvalue weighted by Gasteiger charge is 2.38. The first-order chi connectivity index (χ1) is 8.87. The quantitative estimate of drug-likeness (QED) is 0.741. The molecule has 2 atom stereocenters. The molecule has 1 amide bonds. The maximum atomic E-state index is 12.0. The van der Waals surface area contributed by atoms with Crippen LogP contribution in [-0.4, -0.2) is 73.0 Å². The van der Waals surface area contributed by atoms with Crippen molar-refractivity contribution in [3.05, 3.63) is 0 Å². The first kappa shape index (κ1) is 14.6. The molecule has 6 heteroatoms. The fraction of sp³-hybridized carbons (Fsp3) is 0.923. The second-order valence-electron chi connectivity index (χ2n) is 6.26. The Balaban J connectivity index is 1.91. The van der Waals surface area contributed by atoms with Crippen molar-refractivity contribution in [1.82, 2.24) is 9.80 Å². The SMILES string of the molecule is CC(C)(C)OC(=O)N1C[C@@H](N2CCOCC2)[C@@H](N)C1. The molecule has 2 fully saturated rings. The van der Waals surface area contributed by atoms with Crippen LogP contribution in [0.2, 0.25) is 0 Å². The average Bonchev–Trinajstić information content (AvgIpc) is 2.70. The van der Waals surface area contributed by atoms with Crippen LogP contribution in [0, 0.1) is 0 Å². The number of ether oxygens (including phenoxy) is 2. The van der Waals surface area contributed by atoms with Crippen molar-refractivity contribution < 1.29 is 14.3 Å². The third kappa shape index (κ3) is 3.81. The van der Waals surface area contributed by atoms with E-state index in [-0.39, 0.29) is 18.2 Å². The summed E-state index contributed by atoms with van der Waals surface area (Å²) in [5.74, 6) is 0. The molecule has 2 aliphatic rings. The van der Waals surface area contributed by atoms with E-state index >= 15 is 0 Å². The summed E-state index contributed by atoms with van der Waals surface area (Å²) in [6.45, 7) is 10.1. The van der Waals surface area contributed by atoms with E-state index < -0.39 is 5.60 Å². The predicted molar refractivity (Wildman–Crippen MR) is 72.0 cm³/mol. The number of carbonyl (C=O) groups is 1. The molecule has 6 nitrogen and oxygen atoms in total. The third-order valence-corrected chi connectivity index (χ3v) is 3.50. The summed E-state index contributed by atoms with van der Waals surface area (Å²) in [5.41, 5.74) is 5.71. The number of amides is 1. The maximum Gasteiger partial charge on any atom is 0.410 e. The van der Waals surface area contributed by atoms with Gasteiger partial charge in [-0.2, -0.15) is 0 Å². The molecule has 0 saturated carbocycles. The van der Waals surface area contributed by atoms with Gasteiger partial charge in [-0.3, -0.25) is 4.90 Å². The van der Waals surface area contributed by atoms with Crippen LogP contribution in [0.3, 0.4) is 0 Å². The third-order valence-electron chi connectivity index (χ3n) is 3.50. The maximum absolute atomic E-state index is 12.0. The van der Waals surface area contributed by atoms with Crippen molar-refractivity contribution in [2.24, 2.45) is 5.73 Å². The van der Waals surface area contributed by atoms with Gasteiger partial charge in [0.25, 0.3) is 0 Å². The number of hydrogen-bond donors (Lipinski definition) is 1. The van der Waals surface area contributed by atoms with Crippen molar-refractivity contribution in [3.8, 4) is 0 Å². The fourth-order valence-corrected chi connectivity index (χ4v) is 2.58. The van der Waals surface area contributed by atoms with Gasteiger partial charge < -0.3 is 20.1 Å². The molecule has 0 unspecified atom stereocenters. The molecule has 2 saturated heterocycles. The van der Waals surface area contributed by atoms with Crippen LogP contribution in [0.5, 0.6) is 0 Å². The first-order valence-electron chi connectivity index (χ1n) is 6.92. The molecule has 0 bridgehead atoms. The van der Waals surface area contributed by atoms with E-state index in [2.05, 4.69) is 4.90 Å². The van der Waals surface area contributed by atoms with Gasteiger partial charge in [-0.1, -0.05) is 0 Å². The lowest BCUT2D eigenvalue weighted by molar-refractivity contribution is 0.0117. The molecule has 2 aliphatic heterocycles. The van der Waals surface area contributed by atoms with Crippen molar-refractivity contribution >= 4 is 6.09 Å². The topological polar surface area (TPSA) is 68.0 Å². The fourth-order valence-electron chi connectivity index (χ4n) is 2.58. The Morgan fingerprint density at radius 1 is 1.26 bits per heavy atom. The molecule has 0 aromatic heterocycles. The van der Waals surface area contributed by atoms with Crippen molar-refractivity contribution in [2.75, 3.05) is 39.4 Å². The molecule has 0 aromatic rings. The standard InChI is InChI=1S/C13H25N3O3/c1-13(2,3)19-12(17)16-8-10(14)11(9-16)15-4-6-18-7-5-15/h10-11H,4-9,14H2,1-3H3/t10-,11+/m0/s1. The zero-order chi connectivity index (χ0) is 14.0. The summed E-state index contributed by atoms with van der Waals surface area (Å²) < 4.78 is 10.7. The summed E-state index contributed by atoms with van der Waals surface area (Å²) in [4.78, 5) is 16.1. The minimum atomic E-state index is -0.460. The second kappa shape index (κ2) is 5.64. The monoisotopic (exact) mass is 271 g/mol. The van der Waals surface area contributed by atoms with E-state index in [1.165, 1.54) is 0 Å². The van der Waals surface area contributed by atoms with Gasteiger partial charge in [-0.05, 0) is 20.8 Å². The van der Waals surface area contributed by atoms with E-state index in [1.807, 2.05) is 20.8 Å². The zero-order valence-corrected chi connectivity index (χ0v) is 12.1. The molecular weight excluding hydrogens is 246 g/mol. The zero-order valence-electron chi connectivity index (χ0n) is 12.1. The highest BCUT2D eigenvalue weighted by Crippen LogP contribution is 2.19. The molecule has 2 rings (SSSR count). The van der Waals surface area contributed by atoms with Crippen molar-refractivity contribution in [1.29, 1.82) is 0 Å². The average molecular weight is 271 g/mol. The van der Waals surface area contributed by atoms with Crippen LogP contribution >= 0.6 is 0 Å². The van der Waals surface area contributed by atoms with Crippen molar-refractivity contribution in [3.63, 3.8) is 0 Å². The molecule has 110 valence electrons. The van der Waals surface area contributed by atoms with Gasteiger partial charge in [-0.25, -0.2) is 4.79 Å². The van der Waals surface area contributed by atoms with Gasteiger partial charge in [0.15, 0.2) is 0 Å². The Labute approximate surface area is 114 Å². The Morgan fingerprint density at radius 2 is 1.89 bits per heavy atom. The number of rotatable bonds is 1. The van der Waals surface area contributed by atoms with Gasteiger partial charge in [0.05, 0.1) is 13.2 Å². The van der Waals surface area contributed by atoms with E-state index in [9.17, 15) is 4.79 Å². The minimum absolute atomic E-state index is 0.00869. The highest BCUT2D eigenvalue weighted by atomic mass is 16.6. The number of nitrogens with two attached hydrogens (primary N) is 1. The van der Waals surface area contributed by atoms with E-state index in [4.69, 9.17) is 15.2 Å². The van der Waals surface area contributed by atoms with Crippen LogP contribution in [0.25, 0.3) is 0 Å². The van der Waals surface area contributed by atoms with Gasteiger partial charge in [0.1, 0.15) is 5.60 Å². The molecule has 2 N–H and O–H groups in total. The molecule has 0 radical (unpaired) electrons. The lowest BCUT2D eigenvalue weighted by atomic mass is 10.1. The number of carbonyl (C=O) groups excluding carboxylic acids is 1. The van der Waals surface area contributed by atoms with Crippen LogP contribution in [-0.2, 0) is 9.47 Å². The van der Waals surface area contributed by atoms with Crippen LogP contribution in [0.4, 0.5) is 4.79 Å². The van der Waals surface area contributed by atoms with Gasteiger partial charge in [-0.15, -0.1) is 0 Å². The largest absolute Gasteiger partial charge is 0.444 e. The molecule has 19 heavy (non-hydrogen) atoms. The van der Waals surface area contributed by atoms with Gasteiger partial charge in [0.2, 0.25) is 0 Å². The van der Waals surface area contributed by atoms with Crippen LogP contribution in [0.1, 0.15) is 20.8 Å². The number of hydrogen-bond acceptors (Lipinski definition) is 5. The summed E-state index contributed by atoms with van der Waals surface area (Å²) in [5, 5.41) is 0. The van der Waals surface area contributed by atoms with E-state index in [0.29, 0.717) is 13.1 Å². The predicted octanol–water partition coefficient (Wildman–Crippen LogP) is 0.265. The Kier molecular flexibility index (Phi) is 4.32. The van der Waals surface area contributed by atoms with Crippen LogP contribution < -0.4 is 5.73 Å². The van der Waals surface area contributed by atoms with Gasteiger partial charge >= 0.3 is 6.09 Å². The Hall–Kier alpha value is -0.850. The first-order valence-corrected chi connectivity index (χ1v) is 6.92. The lowest BCUT2D eigenvalue weighted by Crippen LogP contribution is -2.51. The van der Waals surface area contributed by atoms with E-state index in [1.54, 1.807) is 4.90 Å². The van der Waals surface area contributed by atoms with E-state index in [0.717, 1.165) is 26.3 Å². The summed E-state index contributed by atoms with van der Waals surface area (Å²) in [7, 11) is 0. The smallest absolute Gasteiger partial charge is 0.410 e. The lowest BCUT2D eigenvalue weighted by Gasteiger charge is -2.33. The Bertz CT molecular complexity index is 324. The summed E-state index contributed by atoms with van der Waals surface area (Å²) in [6.07, 6.45) is -0.265. The second-order valence-corrected chi connectivity index (χ2v) is 6.26. The summed E-state index contributed by atoms with van der Waals surface area (Å²) >= 11 is 0. The minimum Gasteiger partial charge on any atom is -0.444 e. The highest BCUT2D eigenvalue weighted by molar-refractivity contribution is 5.68. The van der Waals surface area contributed by atoms with Gasteiger partial charge in [0, 0.05) is 38.3 Å². The molecule has 2 heterocycles. The van der Waals surface area contributed by atoms with Crippen molar-refractivity contribution in [2.45, 2.75) is 38.5 Å². The van der Waals surface area contributed by atoms with Crippen LogP contribution in [0.15, 0.2) is 0 Å². The number of nitrogens with zero attached hydrogens (tertiary/aromatic N) is 2. The summed E-state index contributed by atoms with van der Waals surface area (Å²) in [6, 6.07) is 0.210. The molecule has 0 spiro atoms. The Morgan fingerprint density at radius 3 is 2.47 bits per heavy atom. The number of morpholine rings is 1. The molecular formula is C13H25N3O3. The normalized spacial score (nSPS) is 29.6. The molecule has 0 aliphatic carbocycles.